The molecule has 0 saturated heterocycles. The van der Waals surface area contributed by atoms with Crippen LogP contribution in [0.2, 0.25) is 0 Å². The van der Waals surface area contributed by atoms with Crippen LogP contribution in [0.1, 0.15) is 5.56 Å². The Morgan fingerprint density at radius 3 is 2.55 bits per heavy atom. The first-order chi connectivity index (χ1) is 5.33. The lowest BCUT2D eigenvalue weighted by Gasteiger charge is -1.96. The molecule has 1 aromatic carbocycles. The highest BCUT2D eigenvalue weighted by atomic mass is 16.7. The van der Waals surface area contributed by atoms with Crippen molar-refractivity contribution in [2.24, 2.45) is 5.90 Å². The van der Waals surface area contributed by atoms with Crippen molar-refractivity contribution >= 4 is 5.97 Å². The summed E-state index contributed by atoms with van der Waals surface area (Å²) in [4.78, 5) is 14.6. The predicted molar refractivity (Wildman–Crippen MR) is 40.4 cm³/mol. The molecule has 0 aliphatic heterocycles. The van der Waals surface area contributed by atoms with Crippen LogP contribution < -0.4 is 5.90 Å². The zero-order valence-corrected chi connectivity index (χ0v) is 5.99. The maximum Gasteiger partial charge on any atom is 0.328 e. The van der Waals surface area contributed by atoms with Gasteiger partial charge in [0.1, 0.15) is 0 Å². The van der Waals surface area contributed by atoms with Crippen molar-refractivity contribution in [3.05, 3.63) is 35.9 Å². The Labute approximate surface area is 64.7 Å². The van der Waals surface area contributed by atoms with Crippen LogP contribution in [-0.2, 0) is 16.1 Å². The SMILES string of the molecule is NOC(=O)Cc1ccccc1. The van der Waals surface area contributed by atoms with Gasteiger partial charge in [0.15, 0.2) is 0 Å². The molecule has 58 valence electrons. The van der Waals surface area contributed by atoms with E-state index in [2.05, 4.69) is 10.7 Å². The van der Waals surface area contributed by atoms with Crippen LogP contribution in [0.3, 0.4) is 0 Å². The maximum absolute atomic E-state index is 10.6. The summed E-state index contributed by atoms with van der Waals surface area (Å²) in [6.07, 6.45) is 0.233. The first-order valence-electron chi connectivity index (χ1n) is 3.26. The largest absolute Gasteiger partial charge is 0.373 e. The molecule has 1 aromatic rings. The molecule has 0 heterocycles. The molecule has 0 saturated carbocycles. The number of carbonyl (C=O) groups excluding carboxylic acids is 1. The number of hydrogen-bond acceptors (Lipinski definition) is 3. The molecule has 0 spiro atoms. The number of carbonyl (C=O) groups is 1. The average Bonchev–Trinajstić information content (AvgIpc) is 2.06. The van der Waals surface area contributed by atoms with E-state index >= 15 is 0 Å². The van der Waals surface area contributed by atoms with E-state index in [1.165, 1.54) is 0 Å². The zero-order chi connectivity index (χ0) is 8.10. The van der Waals surface area contributed by atoms with Crippen LogP contribution in [-0.4, -0.2) is 5.97 Å². The van der Waals surface area contributed by atoms with Gasteiger partial charge in [-0.1, -0.05) is 30.3 Å². The molecule has 0 aliphatic rings. The van der Waals surface area contributed by atoms with Crippen molar-refractivity contribution in [1.82, 2.24) is 0 Å². The van der Waals surface area contributed by atoms with Crippen LogP contribution >= 0.6 is 0 Å². The van der Waals surface area contributed by atoms with Crippen molar-refractivity contribution in [2.45, 2.75) is 6.42 Å². The second-order valence-corrected chi connectivity index (χ2v) is 2.15. The van der Waals surface area contributed by atoms with E-state index in [4.69, 9.17) is 0 Å². The number of benzene rings is 1. The third-order valence-electron chi connectivity index (χ3n) is 1.32. The molecule has 11 heavy (non-hydrogen) atoms. The predicted octanol–water partition coefficient (Wildman–Crippen LogP) is 0.646. The molecule has 0 radical (unpaired) electrons. The Balaban J connectivity index is 2.58. The van der Waals surface area contributed by atoms with E-state index < -0.39 is 5.97 Å². The zero-order valence-electron chi connectivity index (χ0n) is 5.99. The minimum atomic E-state index is -0.420. The smallest absolute Gasteiger partial charge is 0.328 e. The van der Waals surface area contributed by atoms with Crippen molar-refractivity contribution in [3.8, 4) is 0 Å². The highest BCUT2D eigenvalue weighted by molar-refractivity contribution is 5.72. The van der Waals surface area contributed by atoms with E-state index in [1.807, 2.05) is 30.3 Å². The lowest BCUT2D eigenvalue weighted by Crippen LogP contribution is -2.12. The summed E-state index contributed by atoms with van der Waals surface area (Å²) in [7, 11) is 0. The molecular weight excluding hydrogens is 142 g/mol. The normalized spacial score (nSPS) is 9.18. The summed E-state index contributed by atoms with van der Waals surface area (Å²) in [5, 5.41) is 0. The molecule has 0 bridgehead atoms. The highest BCUT2D eigenvalue weighted by Crippen LogP contribution is 1.99. The lowest BCUT2D eigenvalue weighted by molar-refractivity contribution is -0.143. The molecule has 0 amide bonds. The minimum Gasteiger partial charge on any atom is -0.373 e. The summed E-state index contributed by atoms with van der Waals surface area (Å²) in [5.74, 6) is 4.25. The summed E-state index contributed by atoms with van der Waals surface area (Å²) in [5.41, 5.74) is 0.906. The monoisotopic (exact) mass is 151 g/mol. The van der Waals surface area contributed by atoms with Crippen LogP contribution in [0.4, 0.5) is 0 Å². The van der Waals surface area contributed by atoms with Gasteiger partial charge in [0.2, 0.25) is 0 Å². The molecule has 0 atom stereocenters. The van der Waals surface area contributed by atoms with E-state index in [9.17, 15) is 4.79 Å². The molecule has 2 N–H and O–H groups in total. The Hall–Kier alpha value is -1.35. The minimum absolute atomic E-state index is 0.233. The van der Waals surface area contributed by atoms with Crippen LogP contribution in [0, 0.1) is 0 Å². The fraction of sp³-hybridized carbons (Fsp3) is 0.125. The summed E-state index contributed by atoms with van der Waals surface area (Å²) in [6.45, 7) is 0. The van der Waals surface area contributed by atoms with Gasteiger partial charge < -0.3 is 4.84 Å². The molecule has 0 aromatic heterocycles. The number of rotatable bonds is 2. The van der Waals surface area contributed by atoms with Gasteiger partial charge in [0.05, 0.1) is 6.42 Å². The molecule has 0 fully saturated rings. The third kappa shape index (κ3) is 2.39. The van der Waals surface area contributed by atoms with Crippen LogP contribution in [0.5, 0.6) is 0 Å². The topological polar surface area (TPSA) is 52.3 Å². The number of hydrogen-bond donors (Lipinski definition) is 1. The molecule has 0 aliphatic carbocycles. The Kier molecular flexibility index (Phi) is 2.63. The van der Waals surface area contributed by atoms with Gasteiger partial charge in [-0.05, 0) is 5.56 Å². The Bertz CT molecular complexity index is 233. The van der Waals surface area contributed by atoms with Crippen LogP contribution in [0.25, 0.3) is 0 Å². The number of nitrogens with two attached hydrogens (primary N) is 1. The fourth-order valence-electron chi connectivity index (χ4n) is 0.804. The van der Waals surface area contributed by atoms with Gasteiger partial charge in [-0.15, -0.1) is 0 Å². The first kappa shape index (κ1) is 7.75. The Morgan fingerprint density at radius 2 is 2.00 bits per heavy atom. The van der Waals surface area contributed by atoms with Crippen molar-refractivity contribution in [1.29, 1.82) is 0 Å². The highest BCUT2D eigenvalue weighted by Gasteiger charge is 2.00. The van der Waals surface area contributed by atoms with E-state index in [-0.39, 0.29) is 6.42 Å². The third-order valence-corrected chi connectivity index (χ3v) is 1.32. The lowest BCUT2D eigenvalue weighted by atomic mass is 10.2. The summed E-state index contributed by atoms with van der Waals surface area (Å²) >= 11 is 0. The van der Waals surface area contributed by atoms with E-state index in [0.717, 1.165) is 5.56 Å². The van der Waals surface area contributed by atoms with Gasteiger partial charge in [-0.25, -0.2) is 0 Å². The molecule has 0 unspecified atom stereocenters. The van der Waals surface area contributed by atoms with Crippen molar-refractivity contribution in [2.75, 3.05) is 0 Å². The summed E-state index contributed by atoms with van der Waals surface area (Å²) in [6, 6.07) is 9.30. The van der Waals surface area contributed by atoms with Gasteiger partial charge in [0.25, 0.3) is 0 Å². The van der Waals surface area contributed by atoms with Gasteiger partial charge in [0, 0.05) is 0 Å². The molecule has 3 heteroatoms. The van der Waals surface area contributed by atoms with E-state index in [0.29, 0.717) is 0 Å². The Morgan fingerprint density at radius 1 is 1.36 bits per heavy atom. The van der Waals surface area contributed by atoms with Gasteiger partial charge >= 0.3 is 5.97 Å². The van der Waals surface area contributed by atoms with Gasteiger partial charge in [-0.2, -0.15) is 5.90 Å². The van der Waals surface area contributed by atoms with Crippen LogP contribution in [0.15, 0.2) is 30.3 Å². The molecular formula is C8H9NO2. The van der Waals surface area contributed by atoms with Crippen molar-refractivity contribution < 1.29 is 9.63 Å². The fourth-order valence-corrected chi connectivity index (χ4v) is 0.804. The second kappa shape index (κ2) is 3.73. The van der Waals surface area contributed by atoms with Crippen molar-refractivity contribution in [3.63, 3.8) is 0 Å². The van der Waals surface area contributed by atoms with Gasteiger partial charge in [-0.3, -0.25) is 4.79 Å². The first-order valence-corrected chi connectivity index (χ1v) is 3.26. The summed E-state index contributed by atoms with van der Waals surface area (Å²) < 4.78 is 0. The molecule has 3 nitrogen and oxygen atoms in total. The maximum atomic E-state index is 10.6. The molecule has 1 rings (SSSR count). The van der Waals surface area contributed by atoms with E-state index in [1.54, 1.807) is 0 Å². The standard InChI is InChI=1S/C8H9NO2/c9-11-8(10)6-7-4-2-1-3-5-7/h1-5H,6,9H2. The average molecular weight is 151 g/mol. The quantitative estimate of drug-likeness (QED) is 0.631. The second-order valence-electron chi connectivity index (χ2n) is 2.15.